The number of guanidine groups is 1. The van der Waals surface area contributed by atoms with Crippen LogP contribution in [0, 0.1) is 0 Å². The van der Waals surface area contributed by atoms with Crippen LogP contribution in [0.25, 0.3) is 0 Å². The minimum atomic E-state index is -2.93. The quantitative estimate of drug-likeness (QED) is 0.264. The van der Waals surface area contributed by atoms with Gasteiger partial charge in [-0.1, -0.05) is 12.1 Å². The zero-order valence-electron chi connectivity index (χ0n) is 17.9. The Morgan fingerprint density at radius 2 is 1.71 bits per heavy atom. The Morgan fingerprint density at radius 1 is 0.968 bits per heavy atom. The van der Waals surface area contributed by atoms with Gasteiger partial charge in [-0.15, -0.1) is 24.0 Å². The normalized spacial score (nSPS) is 11.9. The van der Waals surface area contributed by atoms with Crippen LogP contribution >= 0.6 is 24.0 Å². The molecule has 2 N–H and O–H groups in total. The molecule has 2 rings (SSSR count). The fourth-order valence-corrected chi connectivity index (χ4v) is 2.61. The van der Waals surface area contributed by atoms with Gasteiger partial charge in [-0.3, -0.25) is 4.99 Å². The summed E-state index contributed by atoms with van der Waals surface area (Å²) in [6.07, 6.45) is -0.136. The average Bonchev–Trinajstić information content (AvgIpc) is 2.73. The Balaban J connectivity index is 0.00000480. The topological polar surface area (TPSA) is 73.3 Å². The molecule has 1 unspecified atom stereocenters. The summed E-state index contributed by atoms with van der Waals surface area (Å²) in [5, 5.41) is 6.29. The minimum absolute atomic E-state index is 0. The molecule has 0 aromatic heterocycles. The van der Waals surface area contributed by atoms with E-state index in [2.05, 4.69) is 20.4 Å². The molecule has 0 radical (unpaired) electrons. The van der Waals surface area contributed by atoms with Crippen LogP contribution in [-0.4, -0.2) is 46.5 Å². The molecule has 10 heteroatoms. The average molecular weight is 551 g/mol. The minimum Gasteiger partial charge on any atom is -0.497 e. The van der Waals surface area contributed by atoms with E-state index in [0.717, 1.165) is 11.3 Å². The second-order valence-corrected chi connectivity index (χ2v) is 6.28. The third-order valence-corrected chi connectivity index (χ3v) is 4.06. The summed E-state index contributed by atoms with van der Waals surface area (Å²) in [5.74, 6) is 2.19. The van der Waals surface area contributed by atoms with Crippen molar-refractivity contribution in [2.45, 2.75) is 26.2 Å². The third-order valence-electron chi connectivity index (χ3n) is 4.06. The Hall–Kier alpha value is -2.50. The van der Waals surface area contributed by atoms with E-state index in [1.165, 1.54) is 13.2 Å². The molecule has 0 aliphatic heterocycles. The fraction of sp³-hybridized carbons (Fsp3) is 0.381. The summed E-state index contributed by atoms with van der Waals surface area (Å²) in [7, 11) is 4.64. The summed E-state index contributed by atoms with van der Waals surface area (Å²) >= 11 is 0. The van der Waals surface area contributed by atoms with Crippen molar-refractivity contribution in [2.75, 3.05) is 27.8 Å². The monoisotopic (exact) mass is 551 g/mol. The van der Waals surface area contributed by atoms with Crippen molar-refractivity contribution in [3.8, 4) is 23.0 Å². The van der Waals surface area contributed by atoms with Gasteiger partial charge in [0.25, 0.3) is 0 Å². The van der Waals surface area contributed by atoms with Crippen LogP contribution < -0.4 is 29.6 Å². The van der Waals surface area contributed by atoms with Crippen LogP contribution in [0.1, 0.15) is 12.5 Å². The summed E-state index contributed by atoms with van der Waals surface area (Å²) in [6.45, 7) is -0.146. The van der Waals surface area contributed by atoms with Crippen LogP contribution in [0.4, 0.5) is 8.78 Å². The molecule has 1 atom stereocenters. The number of nitrogens with zero attached hydrogens (tertiary/aromatic N) is 1. The van der Waals surface area contributed by atoms with Gasteiger partial charge in [0.15, 0.2) is 17.5 Å². The maximum Gasteiger partial charge on any atom is 0.387 e. The first-order chi connectivity index (χ1) is 14.4. The summed E-state index contributed by atoms with van der Waals surface area (Å²) in [6, 6.07) is 12.2. The van der Waals surface area contributed by atoms with Crippen LogP contribution in [0.2, 0.25) is 0 Å². The molecule has 0 heterocycles. The highest BCUT2D eigenvalue weighted by Gasteiger charge is 2.12. The molecule has 2 aromatic rings. The second kappa shape index (κ2) is 13.7. The lowest BCUT2D eigenvalue weighted by Gasteiger charge is -2.18. The fourth-order valence-electron chi connectivity index (χ4n) is 2.61. The largest absolute Gasteiger partial charge is 0.497 e. The van der Waals surface area contributed by atoms with E-state index in [0.29, 0.717) is 24.8 Å². The van der Waals surface area contributed by atoms with Gasteiger partial charge in [-0.05, 0) is 36.8 Å². The number of hydrogen-bond donors (Lipinski definition) is 2. The molecule has 2 aromatic carbocycles. The van der Waals surface area contributed by atoms with Gasteiger partial charge in [0, 0.05) is 19.7 Å². The molecule has 0 saturated carbocycles. The van der Waals surface area contributed by atoms with E-state index in [4.69, 9.17) is 14.2 Å². The molecule has 0 saturated heterocycles. The number of benzene rings is 2. The van der Waals surface area contributed by atoms with E-state index >= 15 is 0 Å². The van der Waals surface area contributed by atoms with Gasteiger partial charge < -0.3 is 29.6 Å². The number of ether oxygens (including phenoxy) is 4. The first kappa shape index (κ1) is 26.5. The van der Waals surface area contributed by atoms with E-state index in [9.17, 15) is 8.78 Å². The van der Waals surface area contributed by atoms with E-state index < -0.39 is 6.61 Å². The Morgan fingerprint density at radius 3 is 2.35 bits per heavy atom. The van der Waals surface area contributed by atoms with Crippen LogP contribution in [0.5, 0.6) is 23.0 Å². The van der Waals surface area contributed by atoms with Gasteiger partial charge >= 0.3 is 6.61 Å². The van der Waals surface area contributed by atoms with Crippen molar-refractivity contribution in [1.29, 1.82) is 0 Å². The van der Waals surface area contributed by atoms with Crippen molar-refractivity contribution >= 4 is 29.9 Å². The van der Waals surface area contributed by atoms with Gasteiger partial charge in [0.05, 0.1) is 20.8 Å². The molecule has 7 nitrogen and oxygen atoms in total. The molecule has 0 aliphatic carbocycles. The first-order valence-corrected chi connectivity index (χ1v) is 9.32. The van der Waals surface area contributed by atoms with Crippen molar-refractivity contribution in [2.24, 2.45) is 4.99 Å². The molecule has 31 heavy (non-hydrogen) atoms. The molecule has 0 amide bonds. The SMILES string of the molecule is CN=C(NCc1ccc(OC)c(OC(F)F)c1)NCC(C)Oc1cccc(OC)c1.I. The molecule has 0 aliphatic rings. The lowest BCUT2D eigenvalue weighted by Crippen LogP contribution is -2.41. The van der Waals surface area contributed by atoms with Gasteiger partial charge in [0.1, 0.15) is 17.6 Å². The predicted molar refractivity (Wildman–Crippen MR) is 126 cm³/mol. The number of aliphatic imine (C=N–C) groups is 1. The zero-order valence-corrected chi connectivity index (χ0v) is 20.2. The van der Waals surface area contributed by atoms with Crippen molar-refractivity contribution < 1.29 is 27.7 Å². The Kier molecular flexibility index (Phi) is 11.8. The second-order valence-electron chi connectivity index (χ2n) is 6.28. The maximum atomic E-state index is 12.6. The van der Waals surface area contributed by atoms with Gasteiger partial charge in [0.2, 0.25) is 0 Å². The third kappa shape index (κ3) is 9.03. The van der Waals surface area contributed by atoms with Crippen LogP contribution in [-0.2, 0) is 6.54 Å². The van der Waals surface area contributed by atoms with E-state index in [-0.39, 0.29) is 41.6 Å². The number of alkyl halides is 2. The molecular formula is C21H28F2IN3O4. The molecule has 0 bridgehead atoms. The first-order valence-electron chi connectivity index (χ1n) is 9.32. The number of methoxy groups -OCH3 is 2. The highest BCUT2D eigenvalue weighted by atomic mass is 127. The highest BCUT2D eigenvalue weighted by Crippen LogP contribution is 2.29. The van der Waals surface area contributed by atoms with Crippen molar-refractivity contribution in [3.05, 3.63) is 48.0 Å². The molecule has 0 fully saturated rings. The Bertz CT molecular complexity index is 840. The number of nitrogens with one attached hydrogen (secondary N) is 2. The lowest BCUT2D eigenvalue weighted by molar-refractivity contribution is -0.0512. The number of halogens is 3. The molecule has 0 spiro atoms. The van der Waals surface area contributed by atoms with Crippen LogP contribution in [0.15, 0.2) is 47.5 Å². The zero-order chi connectivity index (χ0) is 21.9. The number of rotatable bonds is 10. The summed E-state index contributed by atoms with van der Waals surface area (Å²) in [5.41, 5.74) is 0.732. The maximum absolute atomic E-state index is 12.6. The Labute approximate surface area is 198 Å². The van der Waals surface area contributed by atoms with Gasteiger partial charge in [-0.2, -0.15) is 8.78 Å². The predicted octanol–water partition coefficient (Wildman–Crippen LogP) is 4.06. The van der Waals surface area contributed by atoms with E-state index in [1.54, 1.807) is 26.3 Å². The van der Waals surface area contributed by atoms with Crippen molar-refractivity contribution in [1.82, 2.24) is 10.6 Å². The lowest BCUT2D eigenvalue weighted by atomic mass is 10.2. The highest BCUT2D eigenvalue weighted by molar-refractivity contribution is 14.0. The summed E-state index contributed by atoms with van der Waals surface area (Å²) < 4.78 is 45.7. The van der Waals surface area contributed by atoms with E-state index in [1.807, 2.05) is 31.2 Å². The smallest absolute Gasteiger partial charge is 0.387 e. The molecule has 172 valence electrons. The number of hydrogen-bond acceptors (Lipinski definition) is 5. The molecular weight excluding hydrogens is 523 g/mol. The van der Waals surface area contributed by atoms with Crippen molar-refractivity contribution in [3.63, 3.8) is 0 Å². The standard InChI is InChI=1S/C21H27F2N3O4.HI/c1-14(29-17-7-5-6-16(11-17)27-3)12-25-21(24-2)26-13-15-8-9-18(28-4)19(10-15)30-20(22)23;/h5-11,14,20H,12-13H2,1-4H3,(H2,24,25,26);1H. The summed E-state index contributed by atoms with van der Waals surface area (Å²) in [4.78, 5) is 4.16. The van der Waals surface area contributed by atoms with Gasteiger partial charge in [-0.25, -0.2) is 0 Å². The van der Waals surface area contributed by atoms with Crippen LogP contribution in [0.3, 0.4) is 0 Å².